The molecule has 8 heteroatoms. The van der Waals surface area contributed by atoms with Gasteiger partial charge in [0.2, 0.25) is 15.9 Å². The number of rotatable bonds is 4. The third-order valence-corrected chi connectivity index (χ3v) is 3.83. The molecular weight excluding hydrogens is 256 g/mol. The molecule has 0 unspecified atom stereocenters. The highest BCUT2D eigenvalue weighted by molar-refractivity contribution is 7.89. The number of hydrogen-bond acceptors (Lipinski definition) is 4. The Morgan fingerprint density at radius 2 is 2.11 bits per heavy atom. The van der Waals surface area contributed by atoms with Crippen LogP contribution in [0.2, 0.25) is 0 Å². The Balaban J connectivity index is 2.45. The van der Waals surface area contributed by atoms with Crippen molar-refractivity contribution < 1.29 is 13.2 Å². The zero-order valence-corrected chi connectivity index (χ0v) is 10.1. The first-order chi connectivity index (χ1) is 8.40. The number of benzene rings is 1. The summed E-state index contributed by atoms with van der Waals surface area (Å²) in [5, 5.41) is 0.501. The Hall–Kier alpha value is -2.06. The number of amides is 1. The lowest BCUT2D eigenvalue weighted by Gasteiger charge is -2.03. The molecule has 0 saturated carbocycles. The van der Waals surface area contributed by atoms with E-state index in [-0.39, 0.29) is 4.90 Å². The van der Waals surface area contributed by atoms with Crippen LogP contribution in [-0.2, 0) is 14.8 Å². The normalized spacial score (nSPS) is 11.8. The van der Waals surface area contributed by atoms with E-state index in [9.17, 15) is 13.2 Å². The molecule has 2 rings (SSSR count). The third kappa shape index (κ3) is 2.29. The first-order valence-corrected chi connectivity index (χ1v) is 6.53. The van der Waals surface area contributed by atoms with Gasteiger partial charge in [-0.15, -0.1) is 0 Å². The Bertz CT molecular complexity index is 705. The number of aromatic amines is 1. The number of H-pyrrole nitrogens is 1. The predicted octanol–water partition coefficient (Wildman–Crippen LogP) is -0.486. The van der Waals surface area contributed by atoms with Gasteiger partial charge in [0.15, 0.2) is 0 Å². The van der Waals surface area contributed by atoms with Crippen LogP contribution in [0.4, 0.5) is 5.69 Å². The molecule has 2 aromatic rings. The molecule has 0 aliphatic heterocycles. The lowest BCUT2D eigenvalue weighted by atomic mass is 10.2. The van der Waals surface area contributed by atoms with E-state index in [1.807, 2.05) is 0 Å². The summed E-state index contributed by atoms with van der Waals surface area (Å²) < 4.78 is 26.0. The highest BCUT2D eigenvalue weighted by Gasteiger charge is 2.19. The monoisotopic (exact) mass is 268 g/mol. The Morgan fingerprint density at radius 3 is 2.78 bits per heavy atom. The maximum absolute atomic E-state index is 11.9. The molecule has 0 atom stereocenters. The summed E-state index contributed by atoms with van der Waals surface area (Å²) in [5.74, 6) is -0.748. The standard InChI is InChI=1S/C10H12N4O3S/c11-6-1-2-7-8(3-6)13-4-9(7)18(16,17)14-5-10(12)15/h1-4,13-14H,5,11H2,(H2,12,15). The van der Waals surface area contributed by atoms with Gasteiger partial charge in [-0.3, -0.25) is 4.79 Å². The van der Waals surface area contributed by atoms with Crippen LogP contribution in [0.5, 0.6) is 0 Å². The second-order valence-corrected chi connectivity index (χ2v) is 5.48. The van der Waals surface area contributed by atoms with Crippen molar-refractivity contribution in [2.24, 2.45) is 5.73 Å². The molecule has 7 nitrogen and oxygen atoms in total. The van der Waals surface area contributed by atoms with Crippen molar-refractivity contribution in [3.63, 3.8) is 0 Å². The molecule has 0 bridgehead atoms. The zero-order valence-electron chi connectivity index (χ0n) is 9.30. The van der Waals surface area contributed by atoms with Crippen molar-refractivity contribution >= 4 is 32.5 Å². The Labute approximate surface area is 103 Å². The summed E-state index contributed by atoms with van der Waals surface area (Å²) in [6.07, 6.45) is 1.34. The second-order valence-electron chi connectivity index (χ2n) is 3.75. The topological polar surface area (TPSA) is 131 Å². The number of sulfonamides is 1. The fraction of sp³-hybridized carbons (Fsp3) is 0.100. The van der Waals surface area contributed by atoms with Crippen LogP contribution in [-0.4, -0.2) is 25.9 Å². The van der Waals surface area contributed by atoms with Crippen molar-refractivity contribution in [2.75, 3.05) is 12.3 Å². The van der Waals surface area contributed by atoms with Gasteiger partial charge in [0.05, 0.1) is 6.54 Å². The number of nitrogens with two attached hydrogens (primary N) is 2. The number of nitrogens with one attached hydrogen (secondary N) is 2. The Morgan fingerprint density at radius 1 is 1.39 bits per heavy atom. The number of primary amides is 1. The van der Waals surface area contributed by atoms with E-state index in [4.69, 9.17) is 11.5 Å². The third-order valence-electron chi connectivity index (χ3n) is 2.39. The van der Waals surface area contributed by atoms with E-state index in [0.29, 0.717) is 16.6 Å². The molecule has 1 aromatic carbocycles. The summed E-state index contributed by atoms with van der Waals surface area (Å²) in [4.78, 5) is 13.5. The van der Waals surface area contributed by atoms with Gasteiger partial charge in [-0.25, -0.2) is 13.1 Å². The Kier molecular flexibility index (Phi) is 2.97. The van der Waals surface area contributed by atoms with E-state index in [1.54, 1.807) is 18.2 Å². The van der Waals surface area contributed by atoms with Crippen LogP contribution in [0, 0.1) is 0 Å². The SMILES string of the molecule is NC(=O)CNS(=O)(=O)c1c[nH]c2cc(N)ccc12. The number of anilines is 1. The van der Waals surface area contributed by atoms with Gasteiger partial charge < -0.3 is 16.5 Å². The van der Waals surface area contributed by atoms with Gasteiger partial charge in [-0.05, 0) is 18.2 Å². The molecule has 0 spiro atoms. The first kappa shape index (κ1) is 12.4. The molecule has 1 heterocycles. The van der Waals surface area contributed by atoms with Crippen molar-refractivity contribution in [1.82, 2.24) is 9.71 Å². The van der Waals surface area contributed by atoms with Crippen LogP contribution in [0.25, 0.3) is 10.9 Å². The molecule has 0 saturated heterocycles. The summed E-state index contributed by atoms with van der Waals surface area (Å²) in [6.45, 7) is -0.440. The smallest absolute Gasteiger partial charge is 0.243 e. The number of aromatic nitrogens is 1. The fourth-order valence-electron chi connectivity index (χ4n) is 1.58. The van der Waals surface area contributed by atoms with E-state index >= 15 is 0 Å². The summed E-state index contributed by atoms with van der Waals surface area (Å²) >= 11 is 0. The van der Waals surface area contributed by atoms with Gasteiger partial charge in [-0.2, -0.15) is 0 Å². The molecule has 96 valence electrons. The average molecular weight is 268 g/mol. The lowest BCUT2D eigenvalue weighted by Crippen LogP contribution is -2.33. The highest BCUT2D eigenvalue weighted by Crippen LogP contribution is 2.24. The van der Waals surface area contributed by atoms with Gasteiger partial charge in [0.1, 0.15) is 4.90 Å². The minimum Gasteiger partial charge on any atom is -0.399 e. The summed E-state index contributed by atoms with van der Waals surface area (Å²) in [6, 6.07) is 4.83. The molecule has 0 fully saturated rings. The number of fused-ring (bicyclic) bond motifs is 1. The number of nitrogen functional groups attached to an aromatic ring is 1. The number of hydrogen-bond donors (Lipinski definition) is 4. The van der Waals surface area contributed by atoms with E-state index in [2.05, 4.69) is 9.71 Å². The second kappa shape index (κ2) is 4.31. The first-order valence-electron chi connectivity index (χ1n) is 5.05. The van der Waals surface area contributed by atoms with Crippen molar-refractivity contribution in [3.05, 3.63) is 24.4 Å². The lowest BCUT2D eigenvalue weighted by molar-refractivity contribution is -0.116. The zero-order chi connectivity index (χ0) is 13.3. The van der Waals surface area contributed by atoms with E-state index in [1.165, 1.54) is 6.20 Å². The molecule has 0 aliphatic rings. The minimum atomic E-state index is -3.77. The predicted molar refractivity (Wildman–Crippen MR) is 67.1 cm³/mol. The molecule has 1 aromatic heterocycles. The summed E-state index contributed by atoms with van der Waals surface area (Å²) in [5.41, 5.74) is 11.6. The van der Waals surface area contributed by atoms with Crippen LogP contribution < -0.4 is 16.2 Å². The molecule has 0 aliphatic carbocycles. The summed E-state index contributed by atoms with van der Waals surface area (Å²) in [7, 11) is -3.77. The van der Waals surface area contributed by atoms with E-state index in [0.717, 1.165) is 0 Å². The quantitative estimate of drug-likeness (QED) is 0.557. The highest BCUT2D eigenvalue weighted by atomic mass is 32.2. The fourth-order valence-corrected chi connectivity index (χ4v) is 2.75. The maximum atomic E-state index is 11.9. The molecule has 0 radical (unpaired) electrons. The largest absolute Gasteiger partial charge is 0.399 e. The number of carbonyl (C=O) groups excluding carboxylic acids is 1. The van der Waals surface area contributed by atoms with Crippen LogP contribution in [0.15, 0.2) is 29.3 Å². The maximum Gasteiger partial charge on any atom is 0.243 e. The van der Waals surface area contributed by atoms with E-state index < -0.39 is 22.5 Å². The van der Waals surface area contributed by atoms with Crippen LogP contribution >= 0.6 is 0 Å². The molecule has 18 heavy (non-hydrogen) atoms. The van der Waals surface area contributed by atoms with Crippen molar-refractivity contribution in [1.29, 1.82) is 0 Å². The van der Waals surface area contributed by atoms with Gasteiger partial charge in [0, 0.05) is 22.8 Å². The van der Waals surface area contributed by atoms with Crippen molar-refractivity contribution in [2.45, 2.75) is 4.90 Å². The molecule has 1 amide bonds. The van der Waals surface area contributed by atoms with Gasteiger partial charge in [0.25, 0.3) is 0 Å². The average Bonchev–Trinajstić information content (AvgIpc) is 2.70. The van der Waals surface area contributed by atoms with Gasteiger partial charge in [-0.1, -0.05) is 0 Å². The van der Waals surface area contributed by atoms with Crippen molar-refractivity contribution in [3.8, 4) is 0 Å². The number of carbonyl (C=O) groups is 1. The molecule has 6 N–H and O–H groups in total. The van der Waals surface area contributed by atoms with Crippen LogP contribution in [0.1, 0.15) is 0 Å². The minimum absolute atomic E-state index is 0.0544. The van der Waals surface area contributed by atoms with Crippen LogP contribution in [0.3, 0.4) is 0 Å². The molecular formula is C10H12N4O3S. The van der Waals surface area contributed by atoms with Gasteiger partial charge >= 0.3 is 0 Å².